The molecule has 0 spiro atoms. The van der Waals surface area contributed by atoms with Crippen LogP contribution >= 0.6 is 0 Å². The minimum Gasteiger partial charge on any atom is -0.355 e. The SMILES string of the molecule is N#CCC(=O)NCC1CCN(C(=O)CN2C(=O)c3ccccc3C2=O)CC1. The number of imide groups is 1. The number of likely N-dealkylation sites (tertiary alicyclic amines) is 1. The van der Waals surface area contributed by atoms with Gasteiger partial charge in [-0.25, -0.2) is 0 Å². The molecule has 2 aliphatic rings. The number of nitriles is 1. The van der Waals surface area contributed by atoms with Gasteiger partial charge in [0.25, 0.3) is 11.8 Å². The molecule has 0 saturated carbocycles. The first kappa shape index (κ1) is 18.6. The molecule has 0 unspecified atom stereocenters. The van der Waals surface area contributed by atoms with Crippen LogP contribution in [0.25, 0.3) is 0 Å². The lowest BCUT2D eigenvalue weighted by atomic mass is 9.96. The second kappa shape index (κ2) is 7.99. The van der Waals surface area contributed by atoms with Crippen molar-refractivity contribution in [3.63, 3.8) is 0 Å². The zero-order chi connectivity index (χ0) is 19.4. The van der Waals surface area contributed by atoms with Crippen LogP contribution in [0.15, 0.2) is 24.3 Å². The Morgan fingerprint density at radius 2 is 1.70 bits per heavy atom. The van der Waals surface area contributed by atoms with E-state index in [1.54, 1.807) is 35.2 Å². The van der Waals surface area contributed by atoms with Crippen molar-refractivity contribution in [2.45, 2.75) is 19.3 Å². The number of carbonyl (C=O) groups excluding carboxylic acids is 4. The van der Waals surface area contributed by atoms with Gasteiger partial charge in [0.05, 0.1) is 17.2 Å². The molecule has 4 amide bonds. The number of carbonyl (C=O) groups is 4. The van der Waals surface area contributed by atoms with Gasteiger partial charge in [0.2, 0.25) is 11.8 Å². The highest BCUT2D eigenvalue weighted by Gasteiger charge is 2.37. The first-order valence-corrected chi connectivity index (χ1v) is 8.88. The minimum absolute atomic E-state index is 0.155. The Kier molecular flexibility index (Phi) is 5.50. The lowest BCUT2D eigenvalue weighted by Gasteiger charge is -2.32. The van der Waals surface area contributed by atoms with E-state index in [2.05, 4.69) is 5.32 Å². The largest absolute Gasteiger partial charge is 0.355 e. The summed E-state index contributed by atoms with van der Waals surface area (Å²) in [5.41, 5.74) is 0.671. The van der Waals surface area contributed by atoms with E-state index in [9.17, 15) is 19.2 Å². The van der Waals surface area contributed by atoms with Crippen LogP contribution in [0.5, 0.6) is 0 Å². The summed E-state index contributed by atoms with van der Waals surface area (Å²) in [6, 6.07) is 8.36. The van der Waals surface area contributed by atoms with E-state index < -0.39 is 11.8 Å². The third kappa shape index (κ3) is 3.97. The Hall–Kier alpha value is -3.21. The number of nitrogens with zero attached hydrogens (tertiary/aromatic N) is 3. The number of hydrogen-bond acceptors (Lipinski definition) is 5. The van der Waals surface area contributed by atoms with Gasteiger partial charge in [0, 0.05) is 19.6 Å². The first-order chi connectivity index (χ1) is 13.0. The molecule has 0 aromatic heterocycles. The van der Waals surface area contributed by atoms with E-state index in [0.717, 1.165) is 17.7 Å². The van der Waals surface area contributed by atoms with Gasteiger partial charge in [0.1, 0.15) is 13.0 Å². The van der Waals surface area contributed by atoms with E-state index in [-0.39, 0.29) is 30.7 Å². The van der Waals surface area contributed by atoms with Crippen LogP contribution in [0.4, 0.5) is 0 Å². The Morgan fingerprint density at radius 3 is 2.26 bits per heavy atom. The summed E-state index contributed by atoms with van der Waals surface area (Å²) in [5, 5.41) is 11.2. The van der Waals surface area contributed by atoms with Crippen LogP contribution in [0.1, 0.15) is 40.0 Å². The van der Waals surface area contributed by atoms with Crippen molar-refractivity contribution in [3.8, 4) is 6.07 Å². The summed E-state index contributed by atoms with van der Waals surface area (Å²) in [6.45, 7) is 1.26. The summed E-state index contributed by atoms with van der Waals surface area (Å²) in [5.74, 6) is -1.16. The van der Waals surface area contributed by atoms with Gasteiger partial charge in [-0.2, -0.15) is 5.26 Å². The second-order valence-corrected chi connectivity index (χ2v) is 6.71. The maximum atomic E-state index is 12.5. The molecule has 1 aromatic rings. The molecule has 8 nitrogen and oxygen atoms in total. The number of rotatable bonds is 5. The van der Waals surface area contributed by atoms with E-state index >= 15 is 0 Å². The third-order valence-corrected chi connectivity index (χ3v) is 4.97. The molecule has 2 heterocycles. The Balaban J connectivity index is 1.49. The number of benzene rings is 1. The molecule has 8 heteroatoms. The highest BCUT2D eigenvalue weighted by atomic mass is 16.2. The maximum Gasteiger partial charge on any atom is 0.262 e. The average Bonchev–Trinajstić information content (AvgIpc) is 2.92. The lowest BCUT2D eigenvalue weighted by Crippen LogP contribution is -2.46. The monoisotopic (exact) mass is 368 g/mol. The molecule has 0 radical (unpaired) electrons. The zero-order valence-electron chi connectivity index (χ0n) is 14.8. The molecule has 1 fully saturated rings. The van der Waals surface area contributed by atoms with Crippen molar-refractivity contribution in [1.82, 2.24) is 15.1 Å². The molecule has 1 N–H and O–H groups in total. The molecule has 0 aliphatic carbocycles. The van der Waals surface area contributed by atoms with Gasteiger partial charge < -0.3 is 10.2 Å². The normalized spacial score (nSPS) is 16.9. The fourth-order valence-corrected chi connectivity index (χ4v) is 3.40. The van der Waals surface area contributed by atoms with Crippen molar-refractivity contribution >= 4 is 23.6 Å². The second-order valence-electron chi connectivity index (χ2n) is 6.71. The highest BCUT2D eigenvalue weighted by molar-refractivity contribution is 6.22. The van der Waals surface area contributed by atoms with Crippen molar-refractivity contribution in [2.24, 2.45) is 5.92 Å². The van der Waals surface area contributed by atoms with Crippen molar-refractivity contribution in [1.29, 1.82) is 5.26 Å². The zero-order valence-corrected chi connectivity index (χ0v) is 14.8. The van der Waals surface area contributed by atoms with Crippen molar-refractivity contribution < 1.29 is 19.2 Å². The standard InChI is InChI=1S/C19H20N4O4/c20-8-5-16(24)21-11-13-6-9-22(10-7-13)17(25)12-23-18(26)14-3-1-2-4-15(14)19(23)27/h1-4,13H,5-7,9-12H2,(H,21,24). The topological polar surface area (TPSA) is 111 Å². The average molecular weight is 368 g/mol. The van der Waals surface area contributed by atoms with Gasteiger partial charge in [-0.05, 0) is 30.9 Å². The predicted octanol–water partition coefficient (Wildman–Crippen LogP) is 0.551. The smallest absolute Gasteiger partial charge is 0.262 e. The summed E-state index contributed by atoms with van der Waals surface area (Å²) in [6.07, 6.45) is 1.29. The molecule has 2 aliphatic heterocycles. The molecule has 140 valence electrons. The fourth-order valence-electron chi connectivity index (χ4n) is 3.40. The molecular weight excluding hydrogens is 348 g/mol. The van der Waals surface area contributed by atoms with Crippen LogP contribution in [0.2, 0.25) is 0 Å². The number of hydrogen-bond donors (Lipinski definition) is 1. The maximum absolute atomic E-state index is 12.5. The van der Waals surface area contributed by atoms with Crippen LogP contribution < -0.4 is 5.32 Å². The van der Waals surface area contributed by atoms with E-state index in [0.29, 0.717) is 30.8 Å². The van der Waals surface area contributed by atoms with Gasteiger partial charge >= 0.3 is 0 Å². The summed E-state index contributed by atoms with van der Waals surface area (Å²) >= 11 is 0. The number of amides is 4. The molecule has 27 heavy (non-hydrogen) atoms. The van der Waals surface area contributed by atoms with E-state index in [1.165, 1.54) is 0 Å². The Labute approximate surface area is 156 Å². The number of nitrogens with one attached hydrogen (secondary N) is 1. The number of piperidine rings is 1. The van der Waals surface area contributed by atoms with Gasteiger partial charge in [-0.1, -0.05) is 12.1 Å². The van der Waals surface area contributed by atoms with Crippen molar-refractivity contribution in [2.75, 3.05) is 26.2 Å². The summed E-state index contributed by atoms with van der Waals surface area (Å²) in [4.78, 5) is 51.2. The Bertz CT molecular complexity index is 786. The van der Waals surface area contributed by atoms with Crippen LogP contribution in [-0.4, -0.2) is 59.6 Å². The third-order valence-electron chi connectivity index (χ3n) is 4.97. The molecule has 1 saturated heterocycles. The summed E-state index contributed by atoms with van der Waals surface area (Å²) in [7, 11) is 0. The molecular formula is C19H20N4O4. The predicted molar refractivity (Wildman–Crippen MR) is 94.4 cm³/mol. The Morgan fingerprint density at radius 1 is 1.11 bits per heavy atom. The van der Waals surface area contributed by atoms with E-state index in [4.69, 9.17) is 5.26 Å². The molecule has 0 bridgehead atoms. The molecule has 3 rings (SSSR count). The van der Waals surface area contributed by atoms with Crippen LogP contribution in [-0.2, 0) is 9.59 Å². The lowest BCUT2D eigenvalue weighted by molar-refractivity contribution is -0.133. The summed E-state index contributed by atoms with van der Waals surface area (Å²) < 4.78 is 0. The quantitative estimate of drug-likeness (QED) is 0.763. The van der Waals surface area contributed by atoms with Crippen LogP contribution in [0.3, 0.4) is 0 Å². The highest BCUT2D eigenvalue weighted by Crippen LogP contribution is 2.23. The molecule has 1 aromatic carbocycles. The van der Waals surface area contributed by atoms with Crippen molar-refractivity contribution in [3.05, 3.63) is 35.4 Å². The number of fused-ring (bicyclic) bond motifs is 1. The van der Waals surface area contributed by atoms with Gasteiger partial charge in [-0.3, -0.25) is 24.1 Å². The van der Waals surface area contributed by atoms with Gasteiger partial charge in [0.15, 0.2) is 0 Å². The first-order valence-electron chi connectivity index (χ1n) is 8.88. The molecule has 0 atom stereocenters. The fraction of sp³-hybridized carbons (Fsp3) is 0.421. The van der Waals surface area contributed by atoms with E-state index in [1.807, 2.05) is 0 Å². The van der Waals surface area contributed by atoms with Crippen LogP contribution in [0, 0.1) is 17.2 Å². The van der Waals surface area contributed by atoms with Gasteiger partial charge in [-0.15, -0.1) is 0 Å². The minimum atomic E-state index is -0.431.